The van der Waals surface area contributed by atoms with E-state index < -0.39 is 18.6 Å². The van der Waals surface area contributed by atoms with E-state index in [1.165, 1.54) is 12.3 Å². The average Bonchev–Trinajstić information content (AvgIpc) is 2.94. The minimum absolute atomic E-state index is 0.134. The number of hydrogen-bond donors (Lipinski definition) is 2. The van der Waals surface area contributed by atoms with Gasteiger partial charge in [0.1, 0.15) is 12.2 Å². The molecule has 8 heteroatoms. The van der Waals surface area contributed by atoms with Gasteiger partial charge in [-0.15, -0.1) is 0 Å². The topological polar surface area (TPSA) is 70.9 Å². The van der Waals surface area contributed by atoms with Crippen molar-refractivity contribution in [2.75, 3.05) is 6.54 Å². The van der Waals surface area contributed by atoms with E-state index in [4.69, 9.17) is 4.42 Å². The van der Waals surface area contributed by atoms with Gasteiger partial charge >= 0.3 is 6.18 Å². The van der Waals surface area contributed by atoms with Crippen LogP contribution in [0.2, 0.25) is 0 Å². The molecule has 0 radical (unpaired) electrons. The van der Waals surface area contributed by atoms with Gasteiger partial charge in [0.25, 0.3) is 5.91 Å². The number of alkyl halides is 3. The summed E-state index contributed by atoms with van der Waals surface area (Å²) in [7, 11) is 0. The number of rotatable bonds is 3. The van der Waals surface area contributed by atoms with Crippen molar-refractivity contribution in [1.29, 1.82) is 0 Å². The number of amides is 1. The predicted molar refractivity (Wildman–Crippen MR) is 54.7 cm³/mol. The van der Waals surface area contributed by atoms with Crippen molar-refractivity contribution in [2.45, 2.75) is 6.18 Å². The Balaban J connectivity index is 2.04. The van der Waals surface area contributed by atoms with Crippen molar-refractivity contribution in [3.8, 4) is 11.5 Å². The van der Waals surface area contributed by atoms with Gasteiger partial charge in [-0.1, -0.05) is 0 Å². The maximum atomic E-state index is 11.9. The molecule has 0 saturated carbocycles. The van der Waals surface area contributed by atoms with Crippen LogP contribution in [0.15, 0.2) is 28.9 Å². The first-order valence-corrected chi connectivity index (χ1v) is 4.90. The van der Waals surface area contributed by atoms with Crippen LogP contribution in [0.4, 0.5) is 13.2 Å². The lowest BCUT2D eigenvalue weighted by Crippen LogP contribution is -2.33. The second-order valence-electron chi connectivity index (χ2n) is 3.44. The van der Waals surface area contributed by atoms with Gasteiger partial charge in [-0.3, -0.25) is 9.89 Å². The van der Waals surface area contributed by atoms with E-state index >= 15 is 0 Å². The van der Waals surface area contributed by atoms with Crippen molar-refractivity contribution in [2.24, 2.45) is 0 Å². The highest BCUT2D eigenvalue weighted by Gasteiger charge is 2.28. The largest absolute Gasteiger partial charge is 0.463 e. The van der Waals surface area contributed by atoms with Gasteiger partial charge in [-0.2, -0.15) is 18.3 Å². The summed E-state index contributed by atoms with van der Waals surface area (Å²) >= 11 is 0. The molecule has 0 aliphatic heterocycles. The molecule has 0 bridgehead atoms. The average molecular weight is 259 g/mol. The zero-order chi connectivity index (χ0) is 13.2. The molecule has 2 aromatic rings. The molecule has 0 saturated heterocycles. The lowest BCUT2D eigenvalue weighted by Gasteiger charge is -2.06. The number of carbonyl (C=O) groups is 1. The van der Waals surface area contributed by atoms with Crippen LogP contribution in [0, 0.1) is 0 Å². The summed E-state index contributed by atoms with van der Waals surface area (Å²) in [4.78, 5) is 11.4. The van der Waals surface area contributed by atoms with Crippen molar-refractivity contribution in [3.05, 3.63) is 30.2 Å². The standard InChI is InChI=1S/C10H8F3N3O2/c11-10(12,13)5-14-9(17)7-4-6(15-16-7)8-2-1-3-18-8/h1-4H,5H2,(H,14,17)(H,15,16). The Morgan fingerprint density at radius 2 is 2.28 bits per heavy atom. The summed E-state index contributed by atoms with van der Waals surface area (Å²) in [5.41, 5.74) is 0.280. The second-order valence-corrected chi connectivity index (χ2v) is 3.44. The molecule has 2 N–H and O–H groups in total. The number of aromatic amines is 1. The molecule has 0 fully saturated rings. The maximum absolute atomic E-state index is 11.9. The van der Waals surface area contributed by atoms with Crippen LogP contribution in [0.25, 0.3) is 11.5 Å². The number of nitrogens with zero attached hydrogens (tertiary/aromatic N) is 1. The molecule has 0 atom stereocenters. The summed E-state index contributed by atoms with van der Waals surface area (Å²) < 4.78 is 40.8. The second kappa shape index (κ2) is 4.55. The van der Waals surface area contributed by atoms with Crippen molar-refractivity contribution in [1.82, 2.24) is 15.5 Å². The Kier molecular flexibility index (Phi) is 3.09. The molecule has 18 heavy (non-hydrogen) atoms. The van der Waals surface area contributed by atoms with Gasteiger partial charge in [-0.05, 0) is 12.1 Å². The fourth-order valence-corrected chi connectivity index (χ4v) is 1.27. The van der Waals surface area contributed by atoms with E-state index in [0.717, 1.165) is 0 Å². The molecule has 0 aliphatic rings. The third-order valence-electron chi connectivity index (χ3n) is 2.05. The van der Waals surface area contributed by atoms with Crippen LogP contribution in [-0.2, 0) is 0 Å². The van der Waals surface area contributed by atoms with Crippen molar-refractivity contribution < 1.29 is 22.4 Å². The summed E-state index contributed by atoms with van der Waals surface area (Å²) in [6.07, 6.45) is -3.02. The van der Waals surface area contributed by atoms with Crippen LogP contribution < -0.4 is 5.32 Å². The van der Waals surface area contributed by atoms with Crippen LogP contribution in [0.3, 0.4) is 0 Å². The molecule has 2 aromatic heterocycles. The van der Waals surface area contributed by atoms with Crippen molar-refractivity contribution in [3.63, 3.8) is 0 Å². The molecular formula is C10H8F3N3O2. The third kappa shape index (κ3) is 2.90. The lowest BCUT2D eigenvalue weighted by atomic mass is 10.3. The van der Waals surface area contributed by atoms with Crippen LogP contribution in [0.1, 0.15) is 10.5 Å². The highest BCUT2D eigenvalue weighted by atomic mass is 19.4. The number of nitrogens with one attached hydrogen (secondary N) is 2. The summed E-state index contributed by atoms with van der Waals surface area (Å²) in [5, 5.41) is 7.83. The number of H-pyrrole nitrogens is 1. The number of carbonyl (C=O) groups excluding carboxylic acids is 1. The Hall–Kier alpha value is -2.25. The number of hydrogen-bond acceptors (Lipinski definition) is 3. The van der Waals surface area contributed by atoms with Crippen LogP contribution in [0.5, 0.6) is 0 Å². The van der Waals surface area contributed by atoms with Crippen LogP contribution >= 0.6 is 0 Å². The zero-order valence-electron chi connectivity index (χ0n) is 8.91. The molecule has 5 nitrogen and oxygen atoms in total. The Morgan fingerprint density at radius 3 is 2.89 bits per heavy atom. The minimum atomic E-state index is -4.45. The highest BCUT2D eigenvalue weighted by molar-refractivity contribution is 5.93. The first-order valence-electron chi connectivity index (χ1n) is 4.90. The van der Waals surface area contributed by atoms with Crippen molar-refractivity contribution >= 4 is 5.91 Å². The number of halogens is 3. The lowest BCUT2D eigenvalue weighted by molar-refractivity contribution is -0.123. The first-order chi connectivity index (χ1) is 8.46. The molecule has 0 aromatic carbocycles. The van der Waals surface area contributed by atoms with E-state index in [1.54, 1.807) is 17.4 Å². The Bertz CT molecular complexity index is 531. The smallest absolute Gasteiger partial charge is 0.405 e. The molecular weight excluding hydrogens is 251 g/mol. The van der Waals surface area contributed by atoms with Gasteiger partial charge in [-0.25, -0.2) is 0 Å². The minimum Gasteiger partial charge on any atom is -0.463 e. The molecule has 2 heterocycles. The van der Waals surface area contributed by atoms with E-state index in [0.29, 0.717) is 11.5 Å². The molecule has 0 unspecified atom stereocenters. The zero-order valence-corrected chi connectivity index (χ0v) is 8.91. The SMILES string of the molecule is O=C(NCC(F)(F)F)c1cc(-c2ccco2)[nH]n1. The fraction of sp³-hybridized carbons (Fsp3) is 0.200. The monoisotopic (exact) mass is 259 g/mol. The van der Waals surface area contributed by atoms with Gasteiger partial charge in [0, 0.05) is 6.07 Å². The molecule has 0 spiro atoms. The molecule has 0 aliphatic carbocycles. The van der Waals surface area contributed by atoms with E-state index in [1.807, 2.05) is 0 Å². The van der Waals surface area contributed by atoms with E-state index in [-0.39, 0.29) is 5.69 Å². The van der Waals surface area contributed by atoms with E-state index in [2.05, 4.69) is 10.2 Å². The molecule has 96 valence electrons. The van der Waals surface area contributed by atoms with E-state index in [9.17, 15) is 18.0 Å². The summed E-state index contributed by atoms with van der Waals surface area (Å²) in [5.74, 6) is -0.459. The van der Waals surface area contributed by atoms with Gasteiger partial charge in [0.2, 0.25) is 0 Å². The quantitative estimate of drug-likeness (QED) is 0.885. The van der Waals surface area contributed by atoms with Crippen LogP contribution in [-0.4, -0.2) is 28.8 Å². The van der Waals surface area contributed by atoms with Gasteiger partial charge in [0.15, 0.2) is 11.5 Å². The fourth-order valence-electron chi connectivity index (χ4n) is 1.27. The third-order valence-corrected chi connectivity index (χ3v) is 2.05. The summed E-state index contributed by atoms with van der Waals surface area (Å²) in [6, 6.07) is 4.58. The number of aromatic nitrogens is 2. The van der Waals surface area contributed by atoms with Gasteiger partial charge in [0.05, 0.1) is 6.26 Å². The Labute approximate surface area is 99.0 Å². The maximum Gasteiger partial charge on any atom is 0.405 e. The summed E-state index contributed by atoms with van der Waals surface area (Å²) in [6.45, 7) is -1.39. The first kappa shape index (κ1) is 12.2. The molecule has 2 rings (SSSR count). The Morgan fingerprint density at radius 1 is 1.50 bits per heavy atom. The van der Waals surface area contributed by atoms with Gasteiger partial charge < -0.3 is 9.73 Å². The normalized spacial score (nSPS) is 11.5. The predicted octanol–water partition coefficient (Wildman–Crippen LogP) is 1.96. The number of furan rings is 1. The highest BCUT2D eigenvalue weighted by Crippen LogP contribution is 2.18. The molecule has 1 amide bonds.